The van der Waals surface area contributed by atoms with E-state index in [1.165, 1.54) is 19.1 Å². The molecule has 4 heteroatoms. The maximum absolute atomic E-state index is 11.3. The van der Waals surface area contributed by atoms with E-state index in [1.807, 2.05) is 13.8 Å². The molecule has 17 heavy (non-hydrogen) atoms. The number of aliphatic hydroxyl groups excluding tert-OH is 1. The Labute approximate surface area is 99.8 Å². The summed E-state index contributed by atoms with van der Waals surface area (Å²) < 4.78 is 5.57. The van der Waals surface area contributed by atoms with Gasteiger partial charge in [0.15, 0.2) is 5.78 Å². The SMILES string of the molecule is CC(=O)c1cc2c(cc1O)O[C@H](C(C)C)[C@@H]2O. The van der Waals surface area contributed by atoms with Crippen LogP contribution in [0.4, 0.5) is 0 Å². The first kappa shape index (κ1) is 11.9. The minimum Gasteiger partial charge on any atom is -0.507 e. The average molecular weight is 236 g/mol. The molecular formula is C13H16O4. The highest BCUT2D eigenvalue weighted by atomic mass is 16.5. The number of hydrogen-bond donors (Lipinski definition) is 2. The summed E-state index contributed by atoms with van der Waals surface area (Å²) >= 11 is 0. The van der Waals surface area contributed by atoms with Gasteiger partial charge >= 0.3 is 0 Å². The Balaban J connectivity index is 2.46. The molecular weight excluding hydrogens is 220 g/mol. The van der Waals surface area contributed by atoms with Crippen LogP contribution in [-0.2, 0) is 0 Å². The van der Waals surface area contributed by atoms with Gasteiger partial charge in [0.1, 0.15) is 23.7 Å². The zero-order valence-electron chi connectivity index (χ0n) is 10.1. The Morgan fingerprint density at radius 1 is 1.41 bits per heavy atom. The molecule has 2 atom stereocenters. The Kier molecular flexibility index (Phi) is 2.83. The minimum atomic E-state index is -0.747. The molecule has 2 N–H and O–H groups in total. The smallest absolute Gasteiger partial charge is 0.163 e. The summed E-state index contributed by atoms with van der Waals surface area (Å²) in [7, 11) is 0. The second-order valence-corrected chi connectivity index (χ2v) is 4.73. The van der Waals surface area contributed by atoms with Crippen molar-refractivity contribution in [2.75, 3.05) is 0 Å². The summed E-state index contributed by atoms with van der Waals surface area (Å²) in [6.45, 7) is 5.28. The van der Waals surface area contributed by atoms with Crippen LogP contribution in [0.1, 0.15) is 42.8 Å². The molecule has 0 spiro atoms. The van der Waals surface area contributed by atoms with Gasteiger partial charge < -0.3 is 14.9 Å². The number of carbonyl (C=O) groups is 1. The van der Waals surface area contributed by atoms with Crippen LogP contribution >= 0.6 is 0 Å². The molecule has 0 unspecified atom stereocenters. The lowest BCUT2D eigenvalue weighted by atomic mass is 9.96. The lowest BCUT2D eigenvalue weighted by Gasteiger charge is -2.17. The number of benzene rings is 1. The molecule has 0 saturated carbocycles. The molecule has 4 nitrogen and oxygen atoms in total. The topological polar surface area (TPSA) is 66.8 Å². The number of carbonyl (C=O) groups excluding carboxylic acids is 1. The molecule has 1 aromatic carbocycles. The molecule has 1 aliphatic rings. The van der Waals surface area contributed by atoms with Crippen LogP contribution in [0.5, 0.6) is 11.5 Å². The lowest BCUT2D eigenvalue weighted by Crippen LogP contribution is -2.24. The number of phenolic OH excluding ortho intramolecular Hbond substituents is 1. The molecule has 0 radical (unpaired) electrons. The van der Waals surface area contributed by atoms with Crippen LogP contribution in [0, 0.1) is 5.92 Å². The molecule has 0 fully saturated rings. The highest BCUT2D eigenvalue weighted by Crippen LogP contribution is 2.42. The zero-order chi connectivity index (χ0) is 12.7. The monoisotopic (exact) mass is 236 g/mol. The Morgan fingerprint density at radius 2 is 2.06 bits per heavy atom. The second kappa shape index (κ2) is 4.04. The van der Waals surface area contributed by atoms with Crippen LogP contribution in [-0.4, -0.2) is 22.1 Å². The highest BCUT2D eigenvalue weighted by Gasteiger charge is 2.36. The fourth-order valence-corrected chi connectivity index (χ4v) is 2.09. The molecule has 0 saturated heterocycles. The van der Waals surface area contributed by atoms with Gasteiger partial charge in [0.25, 0.3) is 0 Å². The maximum Gasteiger partial charge on any atom is 0.163 e. The summed E-state index contributed by atoms with van der Waals surface area (Å²) in [4.78, 5) is 11.3. The lowest BCUT2D eigenvalue weighted by molar-refractivity contribution is 0.0382. The quantitative estimate of drug-likeness (QED) is 0.771. The van der Waals surface area contributed by atoms with E-state index in [4.69, 9.17) is 4.74 Å². The molecule has 2 rings (SSSR count). The predicted molar refractivity (Wildman–Crippen MR) is 62.3 cm³/mol. The summed E-state index contributed by atoms with van der Waals surface area (Å²) in [5.41, 5.74) is 0.794. The third kappa shape index (κ3) is 1.89. The molecule has 92 valence electrons. The largest absolute Gasteiger partial charge is 0.507 e. The van der Waals surface area contributed by atoms with Gasteiger partial charge in [-0.25, -0.2) is 0 Å². The fourth-order valence-electron chi connectivity index (χ4n) is 2.09. The first-order valence-electron chi connectivity index (χ1n) is 5.64. The maximum atomic E-state index is 11.3. The summed E-state index contributed by atoms with van der Waals surface area (Å²) in [6, 6.07) is 2.91. The van der Waals surface area contributed by atoms with Crippen molar-refractivity contribution in [2.45, 2.75) is 33.0 Å². The Bertz CT molecular complexity index is 465. The van der Waals surface area contributed by atoms with Gasteiger partial charge in [0.05, 0.1) is 5.56 Å². The van der Waals surface area contributed by atoms with E-state index in [9.17, 15) is 15.0 Å². The molecule has 0 amide bonds. The first-order chi connectivity index (χ1) is 7.91. The van der Waals surface area contributed by atoms with Gasteiger partial charge in [-0.1, -0.05) is 13.8 Å². The van der Waals surface area contributed by atoms with E-state index in [1.54, 1.807) is 0 Å². The minimum absolute atomic E-state index is 0.104. The molecule has 0 aliphatic carbocycles. The van der Waals surface area contributed by atoms with Crippen LogP contribution in [0.2, 0.25) is 0 Å². The second-order valence-electron chi connectivity index (χ2n) is 4.73. The van der Waals surface area contributed by atoms with E-state index >= 15 is 0 Å². The van der Waals surface area contributed by atoms with Crippen LogP contribution in [0.15, 0.2) is 12.1 Å². The Hall–Kier alpha value is -1.55. The van der Waals surface area contributed by atoms with Crippen molar-refractivity contribution in [1.82, 2.24) is 0 Å². The van der Waals surface area contributed by atoms with Crippen molar-refractivity contribution in [3.63, 3.8) is 0 Å². The highest BCUT2D eigenvalue weighted by molar-refractivity contribution is 5.97. The normalized spacial score (nSPS) is 22.4. The van der Waals surface area contributed by atoms with Crippen molar-refractivity contribution in [3.8, 4) is 11.5 Å². The Morgan fingerprint density at radius 3 is 2.59 bits per heavy atom. The van der Waals surface area contributed by atoms with Gasteiger partial charge in [0.2, 0.25) is 0 Å². The number of ketones is 1. The van der Waals surface area contributed by atoms with Crippen LogP contribution in [0.3, 0.4) is 0 Å². The van der Waals surface area contributed by atoms with Gasteiger partial charge in [0, 0.05) is 11.6 Å². The summed E-state index contributed by atoms with van der Waals surface area (Å²) in [5, 5.41) is 19.8. The first-order valence-corrected chi connectivity index (χ1v) is 5.64. The van der Waals surface area contributed by atoms with E-state index < -0.39 is 6.10 Å². The van der Waals surface area contributed by atoms with Crippen molar-refractivity contribution in [2.24, 2.45) is 5.92 Å². The van der Waals surface area contributed by atoms with Gasteiger partial charge in [-0.3, -0.25) is 4.79 Å². The molecule has 1 heterocycles. The molecule has 0 aromatic heterocycles. The van der Waals surface area contributed by atoms with E-state index in [0.717, 1.165) is 0 Å². The average Bonchev–Trinajstić information content (AvgIpc) is 2.54. The molecule has 0 bridgehead atoms. The van der Waals surface area contributed by atoms with Gasteiger partial charge in [-0.2, -0.15) is 0 Å². The van der Waals surface area contributed by atoms with Crippen LogP contribution in [0.25, 0.3) is 0 Å². The number of hydrogen-bond acceptors (Lipinski definition) is 4. The predicted octanol–water partition coefficient (Wildman–Crippen LogP) is 2.05. The van der Waals surface area contributed by atoms with Gasteiger partial charge in [-0.05, 0) is 18.9 Å². The molecule has 1 aromatic rings. The number of ether oxygens (including phenoxy) is 1. The number of fused-ring (bicyclic) bond motifs is 1. The summed E-state index contributed by atoms with van der Waals surface area (Å²) in [5.74, 6) is 0.275. The van der Waals surface area contributed by atoms with E-state index in [2.05, 4.69) is 0 Å². The number of rotatable bonds is 2. The van der Waals surface area contributed by atoms with Crippen molar-refractivity contribution >= 4 is 5.78 Å². The van der Waals surface area contributed by atoms with E-state index in [-0.39, 0.29) is 29.1 Å². The van der Waals surface area contributed by atoms with Crippen LogP contribution < -0.4 is 4.74 Å². The summed E-state index contributed by atoms with van der Waals surface area (Å²) in [6.07, 6.45) is -1.07. The fraction of sp³-hybridized carbons (Fsp3) is 0.462. The number of Topliss-reactive ketones (excluding diaryl/α,β-unsaturated/α-hetero) is 1. The van der Waals surface area contributed by atoms with Crippen molar-refractivity contribution in [1.29, 1.82) is 0 Å². The molecule has 1 aliphatic heterocycles. The third-order valence-electron chi connectivity index (χ3n) is 3.06. The van der Waals surface area contributed by atoms with E-state index in [0.29, 0.717) is 11.3 Å². The van der Waals surface area contributed by atoms with Crippen molar-refractivity contribution in [3.05, 3.63) is 23.3 Å². The van der Waals surface area contributed by atoms with Gasteiger partial charge in [-0.15, -0.1) is 0 Å². The number of aliphatic hydroxyl groups is 1. The number of phenols is 1. The standard InChI is InChI=1S/C13H16O4/c1-6(2)13-12(16)9-4-8(7(3)14)10(15)5-11(9)17-13/h4-6,12-13,15-16H,1-3H3/t12-,13-/m1/s1. The third-order valence-corrected chi connectivity index (χ3v) is 3.06. The zero-order valence-corrected chi connectivity index (χ0v) is 10.1. The number of aromatic hydroxyl groups is 1. The van der Waals surface area contributed by atoms with Crippen molar-refractivity contribution < 1.29 is 19.7 Å².